The van der Waals surface area contributed by atoms with Crippen molar-refractivity contribution in [3.63, 3.8) is 0 Å². The highest BCUT2D eigenvalue weighted by Gasteiger charge is 2.61. The third kappa shape index (κ3) is 2.70. The molecule has 2 aliphatic heterocycles. The summed E-state index contributed by atoms with van der Waals surface area (Å²) in [4.78, 5) is 27.8. The number of esters is 1. The normalized spacial score (nSPS) is 26.4. The molecule has 0 aliphatic carbocycles. The Morgan fingerprint density at radius 1 is 1.22 bits per heavy atom. The number of fused-ring (bicyclic) bond motifs is 2. The second-order valence-electron chi connectivity index (χ2n) is 7.19. The van der Waals surface area contributed by atoms with Crippen LogP contribution in [0.5, 0.6) is 0 Å². The average Bonchev–Trinajstić information content (AvgIpc) is 3.43. The molecular weight excluding hydrogens is 346 g/mol. The number of hydrogen-bond donors (Lipinski definition) is 0. The molecule has 8 heteroatoms. The molecule has 8 nitrogen and oxygen atoms in total. The van der Waals surface area contributed by atoms with Gasteiger partial charge in [-0.3, -0.25) is 9.59 Å². The summed E-state index contributed by atoms with van der Waals surface area (Å²) in [6.45, 7) is 4.20. The summed E-state index contributed by atoms with van der Waals surface area (Å²) in [7, 11) is 0. The fourth-order valence-corrected chi connectivity index (χ4v) is 4.69. The van der Waals surface area contributed by atoms with E-state index in [9.17, 15) is 9.59 Å². The summed E-state index contributed by atoms with van der Waals surface area (Å²) >= 11 is 0. The molecule has 0 N–H and O–H groups in total. The van der Waals surface area contributed by atoms with Gasteiger partial charge >= 0.3 is 5.97 Å². The maximum atomic E-state index is 13.2. The summed E-state index contributed by atoms with van der Waals surface area (Å²) in [6, 6.07) is 7.23. The molecule has 0 unspecified atom stereocenters. The van der Waals surface area contributed by atoms with Crippen molar-refractivity contribution >= 4 is 11.9 Å². The van der Waals surface area contributed by atoms with Crippen LogP contribution in [0.1, 0.15) is 49.9 Å². The van der Waals surface area contributed by atoms with Gasteiger partial charge in [-0.2, -0.15) is 0 Å². The van der Waals surface area contributed by atoms with Crippen molar-refractivity contribution in [1.29, 1.82) is 0 Å². The third-order valence-electron chi connectivity index (χ3n) is 6.02. The number of ether oxygens (including phenoxy) is 1. The van der Waals surface area contributed by atoms with E-state index in [0.717, 1.165) is 18.5 Å². The van der Waals surface area contributed by atoms with Gasteiger partial charge in [0.05, 0.1) is 17.7 Å². The molecule has 1 aromatic carbocycles. The molecule has 2 saturated heterocycles. The zero-order valence-electron chi connectivity index (χ0n) is 15.5. The van der Waals surface area contributed by atoms with Gasteiger partial charge in [0, 0.05) is 17.6 Å². The van der Waals surface area contributed by atoms with Crippen molar-refractivity contribution < 1.29 is 14.3 Å². The van der Waals surface area contributed by atoms with Crippen LogP contribution in [-0.2, 0) is 9.53 Å². The number of hydrogen-bond acceptors (Lipinski definition) is 6. The van der Waals surface area contributed by atoms with Crippen molar-refractivity contribution in [3.05, 3.63) is 36.2 Å². The molecule has 3 atom stereocenters. The van der Waals surface area contributed by atoms with Crippen LogP contribution in [0, 0.1) is 5.41 Å². The topological polar surface area (TPSA) is 90.2 Å². The van der Waals surface area contributed by atoms with Crippen LogP contribution in [0.4, 0.5) is 0 Å². The van der Waals surface area contributed by atoms with E-state index in [1.54, 1.807) is 12.1 Å². The standard InChI is InChI=1S/C19H23N5O3/c1-3-19(18(26)27-4-2)11-15-9-10-16(19)24(15)17(25)13-5-7-14(8-6-13)23-12-20-21-22-23/h5-8,12,15-16H,3-4,9-11H2,1-2H3/t15-,16+,19+/m1/s1. The summed E-state index contributed by atoms with van der Waals surface area (Å²) in [6.07, 6.45) is 4.69. The molecule has 0 spiro atoms. The van der Waals surface area contributed by atoms with Crippen LogP contribution in [-0.4, -0.2) is 55.7 Å². The highest BCUT2D eigenvalue weighted by Crippen LogP contribution is 2.52. The lowest BCUT2D eigenvalue weighted by molar-refractivity contribution is -0.157. The number of amides is 1. The monoisotopic (exact) mass is 369 g/mol. The Morgan fingerprint density at radius 2 is 2.00 bits per heavy atom. The van der Waals surface area contributed by atoms with Crippen molar-refractivity contribution in [2.45, 2.75) is 51.6 Å². The minimum absolute atomic E-state index is 0.0228. The SMILES string of the molecule is CCOC(=O)[C@@]1(CC)C[C@H]2CC[C@@H]1N2C(=O)c1ccc(-n2cnnn2)cc1. The zero-order chi connectivity index (χ0) is 19.0. The first-order valence-corrected chi connectivity index (χ1v) is 9.44. The molecule has 2 aliphatic rings. The second-order valence-corrected chi connectivity index (χ2v) is 7.19. The number of carbonyl (C=O) groups excluding carboxylic acids is 2. The number of rotatable bonds is 5. The van der Waals surface area contributed by atoms with Crippen molar-refractivity contribution in [2.24, 2.45) is 5.41 Å². The maximum Gasteiger partial charge on any atom is 0.314 e. The number of tetrazole rings is 1. The Bertz CT molecular complexity index is 836. The van der Waals surface area contributed by atoms with Crippen LogP contribution < -0.4 is 0 Å². The molecule has 1 amide bonds. The third-order valence-corrected chi connectivity index (χ3v) is 6.02. The van der Waals surface area contributed by atoms with Crippen molar-refractivity contribution in [2.75, 3.05) is 6.61 Å². The molecule has 2 fully saturated rings. The molecule has 27 heavy (non-hydrogen) atoms. The molecule has 0 saturated carbocycles. The van der Waals surface area contributed by atoms with Gasteiger partial charge in [0.15, 0.2) is 0 Å². The summed E-state index contributed by atoms with van der Waals surface area (Å²) in [5.74, 6) is -0.183. The quantitative estimate of drug-likeness (QED) is 0.749. The Hall–Kier alpha value is -2.77. The summed E-state index contributed by atoms with van der Waals surface area (Å²) < 4.78 is 6.90. The van der Waals surface area contributed by atoms with E-state index in [1.165, 1.54) is 11.0 Å². The molecular formula is C19H23N5O3. The van der Waals surface area contributed by atoms with E-state index < -0.39 is 5.41 Å². The van der Waals surface area contributed by atoms with E-state index in [0.29, 0.717) is 25.0 Å². The Balaban J connectivity index is 1.58. The molecule has 4 rings (SSSR count). The minimum atomic E-state index is -0.569. The van der Waals surface area contributed by atoms with Crippen LogP contribution in [0.25, 0.3) is 5.69 Å². The second kappa shape index (κ2) is 6.75. The highest BCUT2D eigenvalue weighted by atomic mass is 16.5. The van der Waals surface area contributed by atoms with Crippen LogP contribution in [0.15, 0.2) is 30.6 Å². The molecule has 142 valence electrons. The fourth-order valence-electron chi connectivity index (χ4n) is 4.69. The lowest BCUT2D eigenvalue weighted by Crippen LogP contribution is -2.45. The molecule has 2 aromatic rings. The van der Waals surface area contributed by atoms with E-state index in [4.69, 9.17) is 4.74 Å². The smallest absolute Gasteiger partial charge is 0.314 e. The maximum absolute atomic E-state index is 13.2. The lowest BCUT2D eigenvalue weighted by atomic mass is 9.72. The number of carbonyl (C=O) groups is 2. The van der Waals surface area contributed by atoms with E-state index in [1.807, 2.05) is 30.9 Å². The number of nitrogens with zero attached hydrogens (tertiary/aromatic N) is 5. The van der Waals surface area contributed by atoms with E-state index in [2.05, 4.69) is 15.5 Å². The van der Waals surface area contributed by atoms with E-state index in [-0.39, 0.29) is 24.0 Å². The van der Waals surface area contributed by atoms with E-state index >= 15 is 0 Å². The van der Waals surface area contributed by atoms with Crippen LogP contribution in [0.2, 0.25) is 0 Å². The first kappa shape index (κ1) is 17.6. The lowest BCUT2D eigenvalue weighted by Gasteiger charge is -2.34. The molecule has 0 radical (unpaired) electrons. The predicted molar refractivity (Wildman–Crippen MR) is 96.1 cm³/mol. The van der Waals surface area contributed by atoms with Gasteiger partial charge in [-0.25, -0.2) is 4.68 Å². The molecule has 1 aromatic heterocycles. The first-order valence-electron chi connectivity index (χ1n) is 9.44. The molecule has 2 bridgehead atoms. The van der Waals surface area contributed by atoms with Gasteiger partial charge < -0.3 is 9.64 Å². The van der Waals surface area contributed by atoms with Crippen LogP contribution in [0.3, 0.4) is 0 Å². The van der Waals surface area contributed by atoms with Crippen molar-refractivity contribution in [3.8, 4) is 5.69 Å². The Kier molecular flexibility index (Phi) is 4.41. The van der Waals surface area contributed by atoms with Gasteiger partial charge in [0.2, 0.25) is 0 Å². The largest absolute Gasteiger partial charge is 0.466 e. The minimum Gasteiger partial charge on any atom is -0.466 e. The predicted octanol–water partition coefficient (Wildman–Crippen LogP) is 2.00. The van der Waals surface area contributed by atoms with Crippen LogP contribution >= 0.6 is 0 Å². The first-order chi connectivity index (χ1) is 13.1. The van der Waals surface area contributed by atoms with Gasteiger partial charge in [-0.15, -0.1) is 5.10 Å². The zero-order valence-corrected chi connectivity index (χ0v) is 15.5. The highest BCUT2D eigenvalue weighted by molar-refractivity contribution is 5.96. The summed E-state index contributed by atoms with van der Waals surface area (Å²) in [5.41, 5.74) is 0.829. The van der Waals surface area contributed by atoms with Gasteiger partial charge in [-0.05, 0) is 67.3 Å². The van der Waals surface area contributed by atoms with Crippen molar-refractivity contribution in [1.82, 2.24) is 25.1 Å². The summed E-state index contributed by atoms with van der Waals surface area (Å²) in [5, 5.41) is 11.1. The van der Waals surface area contributed by atoms with Gasteiger partial charge in [0.1, 0.15) is 6.33 Å². The molecule has 3 heterocycles. The number of benzene rings is 1. The average molecular weight is 369 g/mol. The van der Waals surface area contributed by atoms with Gasteiger partial charge in [0.25, 0.3) is 5.91 Å². The fraction of sp³-hybridized carbons (Fsp3) is 0.526. The Labute approximate surface area is 157 Å². The van der Waals surface area contributed by atoms with Gasteiger partial charge in [-0.1, -0.05) is 6.92 Å². The Morgan fingerprint density at radius 3 is 2.63 bits per heavy atom. The number of aromatic nitrogens is 4.